The van der Waals surface area contributed by atoms with Crippen LogP contribution in [0.3, 0.4) is 0 Å². The molecule has 1 aliphatic heterocycles. The molecule has 6 nitrogen and oxygen atoms in total. The zero-order valence-corrected chi connectivity index (χ0v) is 16.2. The molecule has 1 aromatic carbocycles. The van der Waals surface area contributed by atoms with E-state index in [0.29, 0.717) is 36.5 Å². The van der Waals surface area contributed by atoms with Crippen molar-refractivity contribution in [3.8, 4) is 0 Å². The van der Waals surface area contributed by atoms with Crippen LogP contribution in [0.5, 0.6) is 0 Å². The number of carbonyl (C=O) groups is 1. The first-order valence-electron chi connectivity index (χ1n) is 10.5. The zero-order valence-electron chi connectivity index (χ0n) is 16.2. The van der Waals surface area contributed by atoms with E-state index in [1.54, 1.807) is 22.9 Å². The number of hydrogen-bond acceptors (Lipinski definition) is 4. The number of anilines is 1. The second-order valence-electron chi connectivity index (χ2n) is 8.20. The van der Waals surface area contributed by atoms with Crippen molar-refractivity contribution in [3.63, 3.8) is 0 Å². The minimum Gasteiger partial charge on any atom is -0.390 e. The van der Waals surface area contributed by atoms with Crippen LogP contribution in [0.15, 0.2) is 35.3 Å². The van der Waals surface area contributed by atoms with Crippen molar-refractivity contribution in [2.45, 2.75) is 57.1 Å². The summed E-state index contributed by atoms with van der Waals surface area (Å²) in [6.07, 6.45) is 8.95. The van der Waals surface area contributed by atoms with E-state index < -0.39 is 6.10 Å². The number of aliphatic hydroxyl groups excluding tert-OH is 1. The van der Waals surface area contributed by atoms with Crippen molar-refractivity contribution >= 4 is 22.4 Å². The lowest BCUT2D eigenvalue weighted by molar-refractivity contribution is -0.117. The van der Waals surface area contributed by atoms with Gasteiger partial charge in [0, 0.05) is 42.2 Å². The third-order valence-corrected chi connectivity index (χ3v) is 6.20. The summed E-state index contributed by atoms with van der Waals surface area (Å²) in [5.41, 5.74) is 0.551. The van der Waals surface area contributed by atoms with E-state index >= 15 is 0 Å². The van der Waals surface area contributed by atoms with Crippen LogP contribution in [-0.4, -0.2) is 34.8 Å². The van der Waals surface area contributed by atoms with Crippen molar-refractivity contribution in [3.05, 3.63) is 40.8 Å². The van der Waals surface area contributed by atoms with Gasteiger partial charge < -0.3 is 20.3 Å². The Balaban J connectivity index is 1.55. The molecule has 1 aliphatic carbocycles. The third-order valence-electron chi connectivity index (χ3n) is 6.20. The van der Waals surface area contributed by atoms with Gasteiger partial charge in [-0.05, 0) is 37.0 Å². The van der Waals surface area contributed by atoms with Crippen molar-refractivity contribution in [1.82, 2.24) is 9.88 Å². The summed E-state index contributed by atoms with van der Waals surface area (Å²) in [7, 11) is 0. The highest BCUT2D eigenvalue weighted by molar-refractivity contribution is 6.01. The zero-order chi connectivity index (χ0) is 19.5. The summed E-state index contributed by atoms with van der Waals surface area (Å²) in [5.74, 6) is 0.491. The number of hydrogen-bond donors (Lipinski definition) is 3. The standard InChI is InChI=1S/C22H29N3O3/c26-20-14-23-13-19(20)25-11-10-16-17(22(25)28)8-5-9-18(16)24-21(27)12-15-6-3-1-2-4-7-15/h5,8-11,15,19-20,23,26H,1-4,6-7,12-14H2,(H,24,27). The Labute approximate surface area is 164 Å². The number of nitrogens with one attached hydrogen (secondary N) is 2. The number of carbonyl (C=O) groups excluding carboxylic acids is 1. The highest BCUT2D eigenvalue weighted by Crippen LogP contribution is 2.27. The maximum absolute atomic E-state index is 13.0. The fourth-order valence-electron chi connectivity index (χ4n) is 4.63. The molecule has 0 bridgehead atoms. The minimum atomic E-state index is -0.572. The monoisotopic (exact) mass is 383 g/mol. The highest BCUT2D eigenvalue weighted by Gasteiger charge is 2.27. The Kier molecular flexibility index (Phi) is 5.78. The van der Waals surface area contributed by atoms with Gasteiger partial charge in [0.25, 0.3) is 5.56 Å². The first-order valence-corrected chi connectivity index (χ1v) is 10.5. The van der Waals surface area contributed by atoms with Gasteiger partial charge in [0.05, 0.1) is 12.1 Å². The molecule has 0 radical (unpaired) electrons. The smallest absolute Gasteiger partial charge is 0.258 e. The van der Waals surface area contributed by atoms with Crippen LogP contribution in [0.2, 0.25) is 0 Å². The molecule has 2 heterocycles. The van der Waals surface area contributed by atoms with Gasteiger partial charge in [-0.25, -0.2) is 0 Å². The number of aromatic nitrogens is 1. The quantitative estimate of drug-likeness (QED) is 0.709. The number of pyridine rings is 1. The van der Waals surface area contributed by atoms with Crippen molar-refractivity contribution in [1.29, 1.82) is 0 Å². The third kappa shape index (κ3) is 3.98. The number of fused-ring (bicyclic) bond motifs is 1. The van der Waals surface area contributed by atoms with Crippen molar-refractivity contribution in [2.75, 3.05) is 18.4 Å². The first kappa shape index (κ1) is 19.2. The van der Waals surface area contributed by atoms with Gasteiger partial charge in [0.1, 0.15) is 0 Å². The molecule has 2 unspecified atom stereocenters. The van der Waals surface area contributed by atoms with Gasteiger partial charge in [-0.15, -0.1) is 0 Å². The molecule has 4 rings (SSSR count). The van der Waals surface area contributed by atoms with E-state index in [1.807, 2.05) is 12.1 Å². The van der Waals surface area contributed by atoms with Crippen molar-refractivity contribution in [2.24, 2.45) is 5.92 Å². The summed E-state index contributed by atoms with van der Waals surface area (Å²) in [6, 6.07) is 7.04. The molecule has 0 spiro atoms. The lowest BCUT2D eigenvalue weighted by Crippen LogP contribution is -2.31. The van der Waals surface area contributed by atoms with Crippen LogP contribution < -0.4 is 16.2 Å². The SMILES string of the molecule is O=C(CC1CCCCCC1)Nc1cccc2c(=O)n(C3CNCC3O)ccc12. The number of nitrogens with zero attached hydrogens (tertiary/aromatic N) is 1. The average molecular weight is 383 g/mol. The molecule has 2 fully saturated rings. The summed E-state index contributed by atoms with van der Waals surface area (Å²) in [4.78, 5) is 25.6. The molecular weight excluding hydrogens is 354 g/mol. The van der Waals surface area contributed by atoms with Gasteiger partial charge in [0.15, 0.2) is 0 Å². The number of benzene rings is 1. The van der Waals surface area contributed by atoms with E-state index in [9.17, 15) is 14.7 Å². The Morgan fingerprint density at radius 1 is 1.11 bits per heavy atom. The van der Waals surface area contributed by atoms with Crippen molar-refractivity contribution < 1.29 is 9.90 Å². The Hall–Kier alpha value is -2.18. The molecule has 2 atom stereocenters. The minimum absolute atomic E-state index is 0.0268. The number of rotatable bonds is 4. The predicted octanol–water partition coefficient (Wildman–Crippen LogP) is 2.81. The molecule has 150 valence electrons. The van der Waals surface area contributed by atoms with Gasteiger partial charge in [-0.2, -0.15) is 0 Å². The molecule has 1 aromatic heterocycles. The number of β-amino-alcohol motifs (C(OH)–C–C–N with tert-alkyl or cyclic N) is 1. The molecule has 3 N–H and O–H groups in total. The van der Waals surface area contributed by atoms with Crippen LogP contribution >= 0.6 is 0 Å². The van der Waals surface area contributed by atoms with Crippen LogP contribution in [0.25, 0.3) is 10.8 Å². The maximum atomic E-state index is 13.0. The van der Waals surface area contributed by atoms with E-state index in [2.05, 4.69) is 10.6 Å². The second kappa shape index (κ2) is 8.45. The molecule has 28 heavy (non-hydrogen) atoms. The predicted molar refractivity (Wildman–Crippen MR) is 111 cm³/mol. The fraction of sp³-hybridized carbons (Fsp3) is 0.545. The van der Waals surface area contributed by atoms with Gasteiger partial charge in [-0.1, -0.05) is 31.7 Å². The average Bonchev–Trinajstić information content (AvgIpc) is 2.94. The summed E-state index contributed by atoms with van der Waals surface area (Å²) < 4.78 is 1.60. The van der Waals surface area contributed by atoms with Crippen LogP contribution in [0.4, 0.5) is 5.69 Å². The molecule has 1 saturated carbocycles. The molecule has 2 aromatic rings. The van der Waals surface area contributed by atoms with E-state index in [-0.39, 0.29) is 17.5 Å². The van der Waals surface area contributed by atoms with Gasteiger partial charge >= 0.3 is 0 Å². The van der Waals surface area contributed by atoms with Crippen LogP contribution in [0, 0.1) is 5.92 Å². The molecule has 6 heteroatoms. The lowest BCUT2D eigenvalue weighted by atomic mass is 9.96. The van der Waals surface area contributed by atoms with E-state index in [0.717, 1.165) is 18.2 Å². The van der Waals surface area contributed by atoms with Crippen LogP contribution in [0.1, 0.15) is 51.0 Å². The normalized spacial score (nSPS) is 23.6. The topological polar surface area (TPSA) is 83.4 Å². The van der Waals surface area contributed by atoms with E-state index in [4.69, 9.17) is 0 Å². The summed E-state index contributed by atoms with van der Waals surface area (Å²) >= 11 is 0. The number of aliphatic hydroxyl groups is 1. The van der Waals surface area contributed by atoms with Crippen LogP contribution in [-0.2, 0) is 4.79 Å². The van der Waals surface area contributed by atoms with Gasteiger partial charge in [0.2, 0.25) is 5.91 Å². The largest absolute Gasteiger partial charge is 0.390 e. The summed E-state index contributed by atoms with van der Waals surface area (Å²) in [5, 5.41) is 17.6. The Bertz CT molecular complexity index is 900. The van der Waals surface area contributed by atoms with Gasteiger partial charge in [-0.3, -0.25) is 9.59 Å². The molecule has 2 aliphatic rings. The molecular formula is C22H29N3O3. The van der Waals surface area contributed by atoms with E-state index in [1.165, 1.54) is 25.7 Å². The molecule has 1 saturated heterocycles. The second-order valence-corrected chi connectivity index (χ2v) is 8.20. The molecule has 1 amide bonds. The Morgan fingerprint density at radius 3 is 2.61 bits per heavy atom. The fourth-order valence-corrected chi connectivity index (χ4v) is 4.63. The first-order chi connectivity index (χ1) is 13.6. The highest BCUT2D eigenvalue weighted by atomic mass is 16.3. The summed E-state index contributed by atoms with van der Waals surface area (Å²) in [6.45, 7) is 1.07. The maximum Gasteiger partial charge on any atom is 0.258 e. The Morgan fingerprint density at radius 2 is 1.89 bits per heavy atom. The number of amides is 1. The lowest BCUT2D eigenvalue weighted by Gasteiger charge is -2.18.